The molecule has 0 aliphatic heterocycles. The Labute approximate surface area is 100 Å². The van der Waals surface area contributed by atoms with Crippen molar-refractivity contribution in [3.8, 4) is 0 Å². The number of nitrogens with two attached hydrogens (primary N) is 1. The molecule has 2 N–H and O–H groups in total. The van der Waals surface area contributed by atoms with Crippen molar-refractivity contribution in [2.24, 2.45) is 5.73 Å². The number of carbonyl (C=O) groups is 1. The van der Waals surface area contributed by atoms with Crippen molar-refractivity contribution in [2.45, 2.75) is 26.3 Å². The molecule has 4 nitrogen and oxygen atoms in total. The van der Waals surface area contributed by atoms with Crippen LogP contribution >= 0.6 is 12.2 Å². The average molecular weight is 240 g/mol. The second-order valence-corrected chi connectivity index (χ2v) is 4.35. The molecule has 0 saturated heterocycles. The van der Waals surface area contributed by atoms with Crippen LogP contribution in [-0.4, -0.2) is 28.9 Å². The van der Waals surface area contributed by atoms with Crippen molar-refractivity contribution in [3.63, 3.8) is 0 Å². The summed E-state index contributed by atoms with van der Waals surface area (Å²) >= 11 is 4.82. The van der Waals surface area contributed by atoms with Crippen molar-refractivity contribution in [1.29, 1.82) is 0 Å². The molecule has 0 saturated carbocycles. The minimum absolute atomic E-state index is 0.0145. The quantitative estimate of drug-likeness (QED) is 0.814. The fourth-order valence-corrected chi connectivity index (χ4v) is 1.67. The predicted octanol–water partition coefficient (Wildman–Crippen LogP) is 1.72. The molecule has 16 heavy (non-hydrogen) atoms. The summed E-state index contributed by atoms with van der Waals surface area (Å²) in [4.78, 5) is 14.1. The van der Waals surface area contributed by atoms with Gasteiger partial charge in [0, 0.05) is 19.5 Å². The third-order valence-electron chi connectivity index (χ3n) is 2.57. The number of carbonyl (C=O) groups excluding carboxylic acids is 1. The lowest BCUT2D eigenvalue weighted by molar-refractivity contribution is 0.0746. The molecule has 1 atom stereocenters. The molecule has 0 aliphatic rings. The topological polar surface area (TPSA) is 59.5 Å². The Kier molecular flexibility index (Phi) is 4.06. The SMILES string of the molecule is Cc1occc1C(=O)N(C)C(C)CC(N)=S. The van der Waals surface area contributed by atoms with Crippen LogP contribution in [0.5, 0.6) is 0 Å². The minimum atomic E-state index is -0.0741. The van der Waals surface area contributed by atoms with Gasteiger partial charge in [0.25, 0.3) is 5.91 Å². The summed E-state index contributed by atoms with van der Waals surface area (Å²) in [6, 6.07) is 1.65. The van der Waals surface area contributed by atoms with Crippen molar-refractivity contribution in [1.82, 2.24) is 4.90 Å². The first-order valence-corrected chi connectivity index (χ1v) is 5.44. The normalized spacial score (nSPS) is 12.2. The summed E-state index contributed by atoms with van der Waals surface area (Å²) in [7, 11) is 1.73. The molecule has 88 valence electrons. The zero-order valence-corrected chi connectivity index (χ0v) is 10.5. The number of furan rings is 1. The Balaban J connectivity index is 2.75. The molecule has 1 amide bonds. The fraction of sp³-hybridized carbons (Fsp3) is 0.455. The molecular formula is C11H16N2O2S. The van der Waals surface area contributed by atoms with E-state index in [2.05, 4.69) is 0 Å². The molecule has 1 aromatic rings. The molecule has 1 heterocycles. The zero-order valence-electron chi connectivity index (χ0n) is 9.69. The molecule has 0 radical (unpaired) electrons. The number of nitrogens with zero attached hydrogens (tertiary/aromatic N) is 1. The Hall–Kier alpha value is -1.36. The van der Waals surface area contributed by atoms with Gasteiger partial charge in [0.1, 0.15) is 5.76 Å². The van der Waals surface area contributed by atoms with Crippen LogP contribution in [0.2, 0.25) is 0 Å². The van der Waals surface area contributed by atoms with Crippen LogP contribution in [0.1, 0.15) is 29.5 Å². The number of aryl methyl sites for hydroxylation is 1. The predicted molar refractivity (Wildman–Crippen MR) is 66.4 cm³/mol. The van der Waals surface area contributed by atoms with E-state index in [1.165, 1.54) is 6.26 Å². The highest BCUT2D eigenvalue weighted by Gasteiger charge is 2.20. The van der Waals surface area contributed by atoms with Crippen LogP contribution in [0.4, 0.5) is 0 Å². The summed E-state index contributed by atoms with van der Waals surface area (Å²) in [5, 5.41) is 0. The second kappa shape index (κ2) is 5.12. The Morgan fingerprint density at radius 2 is 2.31 bits per heavy atom. The monoisotopic (exact) mass is 240 g/mol. The molecule has 1 unspecified atom stereocenters. The lowest BCUT2D eigenvalue weighted by atomic mass is 10.1. The standard InChI is InChI=1S/C11H16N2O2S/c1-7(6-10(12)16)13(3)11(14)9-4-5-15-8(9)2/h4-5,7H,6H2,1-3H3,(H2,12,16). The van der Waals surface area contributed by atoms with Gasteiger partial charge in [-0.2, -0.15) is 0 Å². The maximum Gasteiger partial charge on any atom is 0.257 e. The first-order valence-electron chi connectivity index (χ1n) is 5.03. The maximum absolute atomic E-state index is 12.0. The molecule has 0 fully saturated rings. The van der Waals surface area contributed by atoms with Gasteiger partial charge in [-0.25, -0.2) is 0 Å². The van der Waals surface area contributed by atoms with Crippen molar-refractivity contribution < 1.29 is 9.21 Å². The van der Waals surface area contributed by atoms with Crippen LogP contribution in [0.15, 0.2) is 16.7 Å². The van der Waals surface area contributed by atoms with E-state index >= 15 is 0 Å². The van der Waals surface area contributed by atoms with Gasteiger partial charge in [-0.1, -0.05) is 12.2 Å². The second-order valence-electron chi connectivity index (χ2n) is 3.83. The van der Waals surface area contributed by atoms with Crippen LogP contribution in [-0.2, 0) is 0 Å². The third-order valence-corrected chi connectivity index (χ3v) is 2.73. The van der Waals surface area contributed by atoms with E-state index in [0.717, 1.165) is 0 Å². The van der Waals surface area contributed by atoms with Crippen molar-refractivity contribution in [2.75, 3.05) is 7.05 Å². The Morgan fingerprint density at radius 3 is 2.75 bits per heavy atom. The van der Waals surface area contributed by atoms with Crippen LogP contribution in [0.25, 0.3) is 0 Å². The van der Waals surface area contributed by atoms with Crippen molar-refractivity contribution >= 4 is 23.1 Å². The summed E-state index contributed by atoms with van der Waals surface area (Å²) in [5.74, 6) is 0.550. The summed E-state index contributed by atoms with van der Waals surface area (Å²) < 4.78 is 5.10. The van der Waals surface area contributed by atoms with Gasteiger partial charge < -0.3 is 15.1 Å². The van der Waals surface area contributed by atoms with E-state index in [-0.39, 0.29) is 11.9 Å². The number of thiocarbonyl (C=S) groups is 1. The first kappa shape index (κ1) is 12.7. The highest BCUT2D eigenvalue weighted by molar-refractivity contribution is 7.80. The Morgan fingerprint density at radius 1 is 1.69 bits per heavy atom. The van der Waals surface area contributed by atoms with E-state index in [0.29, 0.717) is 22.7 Å². The van der Waals surface area contributed by atoms with Crippen LogP contribution in [0.3, 0.4) is 0 Å². The number of amides is 1. The maximum atomic E-state index is 12.0. The van der Waals surface area contributed by atoms with Gasteiger partial charge in [0.05, 0.1) is 16.8 Å². The number of hydrogen-bond acceptors (Lipinski definition) is 3. The van der Waals surface area contributed by atoms with Gasteiger partial charge in [0.15, 0.2) is 0 Å². The lowest BCUT2D eigenvalue weighted by Crippen LogP contribution is -2.37. The van der Waals surface area contributed by atoms with Crippen molar-refractivity contribution in [3.05, 3.63) is 23.7 Å². The highest BCUT2D eigenvalue weighted by Crippen LogP contribution is 2.13. The van der Waals surface area contributed by atoms with Gasteiger partial charge in [0.2, 0.25) is 0 Å². The lowest BCUT2D eigenvalue weighted by Gasteiger charge is -2.24. The minimum Gasteiger partial charge on any atom is -0.469 e. The summed E-state index contributed by atoms with van der Waals surface area (Å²) in [6.07, 6.45) is 2.03. The molecule has 0 aliphatic carbocycles. The molecule has 0 spiro atoms. The molecule has 5 heteroatoms. The molecule has 1 rings (SSSR count). The zero-order chi connectivity index (χ0) is 12.3. The Bertz CT molecular complexity index is 400. The van der Waals surface area contributed by atoms with E-state index in [1.54, 1.807) is 24.9 Å². The number of rotatable bonds is 4. The van der Waals surface area contributed by atoms with E-state index in [1.807, 2.05) is 6.92 Å². The van der Waals surface area contributed by atoms with Gasteiger partial charge in [-0.15, -0.1) is 0 Å². The number of hydrogen-bond donors (Lipinski definition) is 1. The van der Waals surface area contributed by atoms with E-state index in [9.17, 15) is 4.79 Å². The third kappa shape index (κ3) is 2.82. The largest absolute Gasteiger partial charge is 0.469 e. The molecule has 0 bridgehead atoms. The van der Waals surface area contributed by atoms with Gasteiger partial charge in [-0.3, -0.25) is 4.79 Å². The first-order chi connectivity index (χ1) is 7.43. The highest BCUT2D eigenvalue weighted by atomic mass is 32.1. The molecular weight excluding hydrogens is 224 g/mol. The summed E-state index contributed by atoms with van der Waals surface area (Å²) in [6.45, 7) is 3.67. The average Bonchev–Trinajstić information content (AvgIpc) is 2.61. The summed E-state index contributed by atoms with van der Waals surface area (Å²) in [5.41, 5.74) is 6.04. The molecule has 1 aromatic heterocycles. The van der Waals surface area contributed by atoms with E-state index < -0.39 is 0 Å². The smallest absolute Gasteiger partial charge is 0.257 e. The molecule has 0 aromatic carbocycles. The van der Waals surface area contributed by atoms with Gasteiger partial charge >= 0.3 is 0 Å². The fourth-order valence-electron chi connectivity index (χ4n) is 1.43. The van der Waals surface area contributed by atoms with Crippen LogP contribution in [0, 0.1) is 6.92 Å². The van der Waals surface area contributed by atoms with Gasteiger partial charge in [-0.05, 0) is 19.9 Å². The van der Waals surface area contributed by atoms with Crippen LogP contribution < -0.4 is 5.73 Å². The van der Waals surface area contributed by atoms with E-state index in [4.69, 9.17) is 22.4 Å².